The first-order chi connectivity index (χ1) is 8.18. The van der Waals surface area contributed by atoms with E-state index in [1.54, 1.807) is 0 Å². The van der Waals surface area contributed by atoms with Gasteiger partial charge in [-0.05, 0) is 23.7 Å². The third-order valence-corrected chi connectivity index (χ3v) is 2.19. The molecule has 0 saturated heterocycles. The van der Waals surface area contributed by atoms with Crippen molar-refractivity contribution in [2.45, 2.75) is 6.18 Å². The molecule has 0 amide bonds. The summed E-state index contributed by atoms with van der Waals surface area (Å²) in [4.78, 5) is 30.9. The van der Waals surface area contributed by atoms with E-state index in [4.69, 9.17) is 11.6 Å². The molecule has 0 aliphatic rings. The molecule has 1 aromatic carbocycles. The summed E-state index contributed by atoms with van der Waals surface area (Å²) in [5, 5.41) is 9.17. The number of nitro benzene ring substituents is 1. The van der Waals surface area contributed by atoms with Gasteiger partial charge in [-0.1, -0.05) is 0 Å². The summed E-state index contributed by atoms with van der Waals surface area (Å²) in [7, 11) is 0. The Bertz CT molecular complexity index is 541. The summed E-state index contributed by atoms with van der Waals surface area (Å²) in [6.45, 7) is 0. The van der Waals surface area contributed by atoms with Gasteiger partial charge in [-0.25, -0.2) is 0 Å². The van der Waals surface area contributed by atoms with Gasteiger partial charge in [0.25, 0.3) is 10.9 Å². The summed E-state index contributed by atoms with van der Waals surface area (Å²) in [6.07, 6.45) is -5.00. The number of alkyl halides is 3. The normalized spacial score (nSPS) is 11.1. The first-order valence-corrected chi connectivity index (χ1v) is 4.61. The predicted octanol–water partition coefficient (Wildman–Crippen LogP) is 2.81. The lowest BCUT2D eigenvalue weighted by Gasteiger charge is -2.09. The van der Waals surface area contributed by atoms with Crippen LogP contribution in [0.3, 0.4) is 0 Å². The molecule has 9 heteroatoms. The lowest BCUT2D eigenvalue weighted by atomic mass is 10.0. The van der Waals surface area contributed by atoms with E-state index in [2.05, 4.69) is 0 Å². The number of nitrogens with zero attached hydrogens (tertiary/aromatic N) is 1. The van der Waals surface area contributed by atoms with E-state index in [-0.39, 0.29) is 18.4 Å². The smallest absolute Gasteiger partial charge is 0.298 e. The number of carbonyl (C=O) groups is 2. The monoisotopic (exact) mass is 281 g/mol. The van der Waals surface area contributed by atoms with Crippen molar-refractivity contribution in [1.29, 1.82) is 0 Å². The predicted molar refractivity (Wildman–Crippen MR) is 53.7 cm³/mol. The number of halogens is 4. The highest BCUT2D eigenvalue weighted by Gasteiger charge is 2.35. The van der Waals surface area contributed by atoms with E-state index in [1.165, 1.54) is 0 Å². The van der Waals surface area contributed by atoms with E-state index in [0.29, 0.717) is 0 Å². The maximum absolute atomic E-state index is 12.4. The third-order valence-electron chi connectivity index (χ3n) is 1.99. The van der Waals surface area contributed by atoms with Gasteiger partial charge in [0.1, 0.15) is 5.56 Å². The molecular weight excluding hydrogens is 279 g/mol. The van der Waals surface area contributed by atoms with Crippen LogP contribution in [0.1, 0.15) is 26.3 Å². The van der Waals surface area contributed by atoms with Crippen molar-refractivity contribution in [3.8, 4) is 0 Å². The highest BCUT2D eigenvalue weighted by atomic mass is 35.5. The van der Waals surface area contributed by atoms with E-state index < -0.39 is 38.7 Å². The molecule has 0 radical (unpaired) electrons. The van der Waals surface area contributed by atoms with Crippen molar-refractivity contribution in [3.05, 3.63) is 38.9 Å². The number of rotatable bonds is 3. The van der Waals surface area contributed by atoms with Crippen LogP contribution in [0.4, 0.5) is 18.9 Å². The fourth-order valence-corrected chi connectivity index (χ4v) is 1.41. The molecule has 0 fully saturated rings. The van der Waals surface area contributed by atoms with Gasteiger partial charge in [-0.2, -0.15) is 13.2 Å². The maximum atomic E-state index is 12.4. The lowest BCUT2D eigenvalue weighted by molar-refractivity contribution is -0.385. The number of nitro groups is 1. The lowest BCUT2D eigenvalue weighted by Crippen LogP contribution is -2.10. The molecule has 96 valence electrons. The Morgan fingerprint density at radius 1 is 1.39 bits per heavy atom. The molecule has 0 unspecified atom stereocenters. The zero-order valence-corrected chi connectivity index (χ0v) is 9.08. The molecule has 0 bridgehead atoms. The van der Waals surface area contributed by atoms with Gasteiger partial charge in [-0.3, -0.25) is 19.7 Å². The summed E-state index contributed by atoms with van der Waals surface area (Å²) in [6, 6.07) is 0.523. The minimum Gasteiger partial charge on any atom is -0.298 e. The summed E-state index contributed by atoms with van der Waals surface area (Å²) < 4.78 is 37.3. The van der Waals surface area contributed by atoms with Crippen molar-refractivity contribution in [2.24, 2.45) is 0 Å². The van der Waals surface area contributed by atoms with Crippen molar-refractivity contribution < 1.29 is 27.7 Å². The Morgan fingerprint density at radius 2 is 1.94 bits per heavy atom. The molecule has 0 atom stereocenters. The minimum atomic E-state index is -4.85. The average molecular weight is 282 g/mol. The first-order valence-electron chi connectivity index (χ1n) is 4.23. The van der Waals surface area contributed by atoms with Crippen LogP contribution in [-0.2, 0) is 6.18 Å². The summed E-state index contributed by atoms with van der Waals surface area (Å²) in [5.74, 6) is 0. The van der Waals surface area contributed by atoms with E-state index in [9.17, 15) is 32.9 Å². The number of hydrogen-bond acceptors (Lipinski definition) is 4. The topological polar surface area (TPSA) is 77.3 Å². The second-order valence-electron chi connectivity index (χ2n) is 3.11. The van der Waals surface area contributed by atoms with Crippen LogP contribution < -0.4 is 0 Å². The van der Waals surface area contributed by atoms with Gasteiger partial charge >= 0.3 is 6.18 Å². The van der Waals surface area contributed by atoms with Crippen LogP contribution in [0.25, 0.3) is 0 Å². The van der Waals surface area contributed by atoms with Gasteiger partial charge in [0, 0.05) is 0 Å². The van der Waals surface area contributed by atoms with Gasteiger partial charge in [0.2, 0.25) is 0 Å². The minimum absolute atomic E-state index is 0.142. The summed E-state index contributed by atoms with van der Waals surface area (Å²) >= 11 is 4.98. The van der Waals surface area contributed by atoms with Crippen molar-refractivity contribution in [3.63, 3.8) is 0 Å². The van der Waals surface area contributed by atoms with Crippen LogP contribution in [0, 0.1) is 10.1 Å². The van der Waals surface area contributed by atoms with Gasteiger partial charge in [0.05, 0.1) is 16.1 Å². The molecular formula is C9H3ClF3NO4. The molecule has 0 aliphatic carbocycles. The Morgan fingerprint density at radius 3 is 2.28 bits per heavy atom. The quantitative estimate of drug-likeness (QED) is 0.369. The Balaban J connectivity index is 3.70. The molecule has 0 aromatic heterocycles. The number of hydrogen-bond donors (Lipinski definition) is 0. The Kier molecular flexibility index (Phi) is 3.70. The molecule has 0 spiro atoms. The number of aldehydes is 1. The van der Waals surface area contributed by atoms with Gasteiger partial charge in [0.15, 0.2) is 6.29 Å². The van der Waals surface area contributed by atoms with Gasteiger partial charge < -0.3 is 0 Å². The van der Waals surface area contributed by atoms with Crippen molar-refractivity contribution in [2.75, 3.05) is 0 Å². The van der Waals surface area contributed by atoms with Crippen LogP contribution >= 0.6 is 11.6 Å². The largest absolute Gasteiger partial charge is 0.416 e. The number of carbonyl (C=O) groups excluding carboxylic acids is 2. The van der Waals surface area contributed by atoms with Crippen LogP contribution in [-0.4, -0.2) is 16.5 Å². The summed E-state index contributed by atoms with van der Waals surface area (Å²) in [5.41, 5.74) is -4.24. The van der Waals surface area contributed by atoms with Crippen LogP contribution in [0.15, 0.2) is 12.1 Å². The maximum Gasteiger partial charge on any atom is 0.416 e. The molecule has 0 saturated carbocycles. The van der Waals surface area contributed by atoms with Gasteiger partial charge in [-0.15, -0.1) is 0 Å². The third kappa shape index (κ3) is 2.65. The first kappa shape index (κ1) is 14.1. The fraction of sp³-hybridized carbons (Fsp3) is 0.111. The molecule has 0 heterocycles. The Labute approximate surface area is 102 Å². The second-order valence-corrected chi connectivity index (χ2v) is 3.45. The SMILES string of the molecule is O=Cc1cc(C(F)(F)F)cc(C(=O)Cl)c1[N+](=O)[O-]. The standard InChI is InChI=1S/C9H3ClF3NO4/c10-8(16)6-2-5(9(11,12)13)1-4(3-15)7(6)14(17)18/h1-3H. The Hall–Kier alpha value is -1.96. The molecule has 0 N–H and O–H groups in total. The zero-order valence-electron chi connectivity index (χ0n) is 8.32. The highest BCUT2D eigenvalue weighted by molar-refractivity contribution is 6.68. The van der Waals surface area contributed by atoms with E-state index in [0.717, 1.165) is 0 Å². The molecule has 1 aromatic rings. The van der Waals surface area contributed by atoms with Crippen molar-refractivity contribution in [1.82, 2.24) is 0 Å². The molecule has 18 heavy (non-hydrogen) atoms. The van der Waals surface area contributed by atoms with Crippen LogP contribution in [0.5, 0.6) is 0 Å². The highest BCUT2D eigenvalue weighted by Crippen LogP contribution is 2.35. The molecule has 0 aliphatic heterocycles. The number of benzene rings is 1. The van der Waals surface area contributed by atoms with E-state index in [1.807, 2.05) is 0 Å². The average Bonchev–Trinajstić information content (AvgIpc) is 2.25. The molecule has 1 rings (SSSR count). The second kappa shape index (κ2) is 4.73. The fourth-order valence-electron chi connectivity index (χ4n) is 1.26. The molecule has 5 nitrogen and oxygen atoms in total. The van der Waals surface area contributed by atoms with Crippen LogP contribution in [0.2, 0.25) is 0 Å². The van der Waals surface area contributed by atoms with E-state index >= 15 is 0 Å². The zero-order chi connectivity index (χ0) is 14.1. The van der Waals surface area contributed by atoms with Crippen molar-refractivity contribution >= 4 is 28.8 Å².